The Bertz CT molecular complexity index is 1290. The van der Waals surface area contributed by atoms with Crippen molar-refractivity contribution in [1.82, 2.24) is 9.88 Å². The quantitative estimate of drug-likeness (QED) is 0.559. The van der Waals surface area contributed by atoms with E-state index in [9.17, 15) is 10.2 Å². The highest BCUT2D eigenvalue weighted by atomic mass is 16.5. The van der Waals surface area contributed by atoms with Gasteiger partial charge < -0.3 is 19.9 Å². The van der Waals surface area contributed by atoms with Crippen LogP contribution < -0.4 is 4.74 Å². The van der Waals surface area contributed by atoms with Gasteiger partial charge in [-0.3, -0.25) is 4.90 Å². The summed E-state index contributed by atoms with van der Waals surface area (Å²) in [5.74, 6) is 0.740. The predicted molar refractivity (Wildman–Crippen MR) is 119 cm³/mol. The number of fused-ring (bicyclic) bond motifs is 4. The highest BCUT2D eigenvalue weighted by molar-refractivity contribution is 5.86. The molecule has 7 rings (SSSR count). The maximum atomic E-state index is 12.7. The minimum Gasteiger partial charge on any atom is -0.504 e. The molecular formula is C26H26N2O3. The summed E-state index contributed by atoms with van der Waals surface area (Å²) in [6.07, 6.45) is 1.79. The number of aromatic nitrogens is 1. The Morgan fingerprint density at radius 2 is 2.13 bits per heavy atom. The second kappa shape index (κ2) is 5.53. The van der Waals surface area contributed by atoms with Crippen LogP contribution in [0.1, 0.15) is 41.8 Å². The number of aromatic hydroxyl groups is 1. The van der Waals surface area contributed by atoms with E-state index in [1.165, 1.54) is 5.56 Å². The Morgan fingerprint density at radius 3 is 2.97 bits per heavy atom. The highest BCUT2D eigenvalue weighted by Gasteiger charge is 2.72. The molecule has 1 aromatic heterocycles. The van der Waals surface area contributed by atoms with Crippen LogP contribution in [0.25, 0.3) is 10.9 Å². The molecule has 3 aromatic rings. The summed E-state index contributed by atoms with van der Waals surface area (Å²) in [5, 5.41) is 24.5. The Balaban J connectivity index is 1.54. The van der Waals surface area contributed by atoms with Crippen LogP contribution in [-0.4, -0.2) is 44.8 Å². The Labute approximate surface area is 181 Å². The van der Waals surface area contributed by atoms with E-state index >= 15 is 0 Å². The van der Waals surface area contributed by atoms with Crippen molar-refractivity contribution in [1.29, 1.82) is 0 Å². The third-order valence-corrected chi connectivity index (χ3v) is 8.35. The molecule has 31 heavy (non-hydrogen) atoms. The van der Waals surface area contributed by atoms with E-state index in [2.05, 4.69) is 35.5 Å². The van der Waals surface area contributed by atoms with Gasteiger partial charge in [0.05, 0.1) is 16.7 Å². The molecule has 4 aliphatic rings. The molecular weight excluding hydrogens is 388 g/mol. The number of rotatable bonds is 2. The van der Waals surface area contributed by atoms with Crippen LogP contribution in [0, 0.1) is 0 Å². The zero-order valence-corrected chi connectivity index (χ0v) is 17.6. The molecule has 0 radical (unpaired) electrons. The maximum Gasteiger partial charge on any atom is 0.166 e. The number of benzene rings is 2. The van der Waals surface area contributed by atoms with E-state index in [1.807, 2.05) is 18.2 Å². The largest absolute Gasteiger partial charge is 0.504 e. The minimum atomic E-state index is -0.977. The van der Waals surface area contributed by atoms with Gasteiger partial charge in [0.2, 0.25) is 0 Å². The second-order valence-corrected chi connectivity index (χ2v) is 9.98. The number of nitrogens with one attached hydrogen (secondary N) is 1. The van der Waals surface area contributed by atoms with Crippen LogP contribution in [0.3, 0.4) is 0 Å². The van der Waals surface area contributed by atoms with Crippen LogP contribution >= 0.6 is 0 Å². The molecule has 158 valence electrons. The van der Waals surface area contributed by atoms with Gasteiger partial charge in [0, 0.05) is 42.0 Å². The van der Waals surface area contributed by atoms with Crippen molar-refractivity contribution in [2.24, 2.45) is 0 Å². The van der Waals surface area contributed by atoms with E-state index in [0.29, 0.717) is 12.2 Å². The molecule has 5 nitrogen and oxygen atoms in total. The number of piperidine rings is 1. The number of aromatic amines is 1. The van der Waals surface area contributed by atoms with E-state index in [0.717, 1.165) is 59.2 Å². The highest BCUT2D eigenvalue weighted by Crippen LogP contribution is 2.68. The molecule has 1 spiro atoms. The zero-order valence-electron chi connectivity index (χ0n) is 17.6. The van der Waals surface area contributed by atoms with Crippen LogP contribution in [0.2, 0.25) is 0 Å². The molecule has 3 N–H and O–H groups in total. The van der Waals surface area contributed by atoms with Crippen LogP contribution in [0.5, 0.6) is 11.5 Å². The average molecular weight is 415 g/mol. The minimum absolute atomic E-state index is 0.0196. The van der Waals surface area contributed by atoms with E-state index in [1.54, 1.807) is 6.07 Å². The molecule has 2 aromatic carbocycles. The lowest BCUT2D eigenvalue weighted by Crippen LogP contribution is -2.74. The number of hydrogen-bond acceptors (Lipinski definition) is 4. The SMILES string of the molecule is C=C(C)CN1CC[C@]23c4c5ccc(O)c4O[C@H]2c2[nH]c4ccccc4c2C[C@@]3(O)[C@@H]1C5. The van der Waals surface area contributed by atoms with Crippen LogP contribution in [-0.2, 0) is 18.3 Å². The summed E-state index contributed by atoms with van der Waals surface area (Å²) >= 11 is 0. The Hall–Kier alpha value is -2.76. The number of aliphatic hydroxyl groups is 1. The Morgan fingerprint density at radius 1 is 1.29 bits per heavy atom. The number of phenols is 1. The molecule has 3 heterocycles. The lowest BCUT2D eigenvalue weighted by molar-refractivity contribution is -0.170. The van der Waals surface area contributed by atoms with Crippen molar-refractivity contribution < 1.29 is 14.9 Å². The van der Waals surface area contributed by atoms with E-state index in [4.69, 9.17) is 4.74 Å². The lowest BCUT2D eigenvalue weighted by Gasteiger charge is -2.62. The van der Waals surface area contributed by atoms with E-state index < -0.39 is 11.0 Å². The van der Waals surface area contributed by atoms with Gasteiger partial charge in [-0.2, -0.15) is 0 Å². The van der Waals surface area contributed by atoms with Crippen molar-refractivity contribution in [3.8, 4) is 11.5 Å². The lowest BCUT2D eigenvalue weighted by atomic mass is 9.49. The number of hydrogen-bond donors (Lipinski definition) is 3. The van der Waals surface area contributed by atoms with Gasteiger partial charge in [-0.15, -0.1) is 0 Å². The van der Waals surface area contributed by atoms with Crippen molar-refractivity contribution in [3.63, 3.8) is 0 Å². The molecule has 4 atom stereocenters. The van der Waals surface area contributed by atoms with Crippen molar-refractivity contribution in [3.05, 3.63) is 70.9 Å². The fourth-order valence-electron chi connectivity index (χ4n) is 7.26. The smallest absolute Gasteiger partial charge is 0.166 e. The molecule has 5 heteroatoms. The van der Waals surface area contributed by atoms with Crippen LogP contribution in [0.4, 0.5) is 0 Å². The first-order valence-corrected chi connectivity index (χ1v) is 11.2. The summed E-state index contributed by atoms with van der Waals surface area (Å²) in [6.45, 7) is 7.87. The van der Waals surface area contributed by atoms with Gasteiger partial charge in [-0.05, 0) is 43.0 Å². The summed E-state index contributed by atoms with van der Waals surface area (Å²) < 4.78 is 6.57. The topological polar surface area (TPSA) is 68.7 Å². The Kier molecular flexibility index (Phi) is 3.19. The molecule has 0 amide bonds. The molecule has 2 bridgehead atoms. The first kappa shape index (κ1) is 17.9. The van der Waals surface area contributed by atoms with Gasteiger partial charge in [-0.25, -0.2) is 0 Å². The monoisotopic (exact) mass is 414 g/mol. The molecule has 0 saturated carbocycles. The van der Waals surface area contributed by atoms with Crippen LogP contribution in [0.15, 0.2) is 48.6 Å². The van der Waals surface area contributed by atoms with Gasteiger partial charge in [-0.1, -0.05) is 36.4 Å². The number of nitrogens with zero attached hydrogens (tertiary/aromatic N) is 1. The third-order valence-electron chi connectivity index (χ3n) is 8.35. The number of phenolic OH excluding ortho intramolecular Hbond substituents is 1. The van der Waals surface area contributed by atoms with Gasteiger partial charge in [0.25, 0.3) is 0 Å². The zero-order chi connectivity index (χ0) is 21.1. The number of likely N-dealkylation sites (tertiary alicyclic amines) is 1. The summed E-state index contributed by atoms with van der Waals surface area (Å²) in [7, 11) is 0. The first-order chi connectivity index (χ1) is 14.9. The fourth-order valence-corrected chi connectivity index (χ4v) is 7.26. The molecule has 1 saturated heterocycles. The van der Waals surface area contributed by atoms with Crippen molar-refractivity contribution >= 4 is 10.9 Å². The third kappa shape index (κ3) is 1.91. The fraction of sp³-hybridized carbons (Fsp3) is 0.385. The van der Waals surface area contributed by atoms with E-state index in [-0.39, 0.29) is 17.9 Å². The number of para-hydroxylation sites is 1. The summed E-state index contributed by atoms with van der Waals surface area (Å²) in [5.41, 5.74) is 5.08. The van der Waals surface area contributed by atoms with Gasteiger partial charge in [0.15, 0.2) is 17.6 Å². The summed E-state index contributed by atoms with van der Waals surface area (Å²) in [6, 6.07) is 12.1. The predicted octanol–water partition coefficient (Wildman–Crippen LogP) is 3.74. The molecule has 1 fully saturated rings. The molecule has 2 aliphatic heterocycles. The van der Waals surface area contributed by atoms with Gasteiger partial charge in [0.1, 0.15) is 0 Å². The van der Waals surface area contributed by atoms with Crippen molar-refractivity contribution in [2.45, 2.75) is 49.3 Å². The van der Waals surface area contributed by atoms with Gasteiger partial charge >= 0.3 is 0 Å². The molecule has 2 aliphatic carbocycles. The first-order valence-electron chi connectivity index (χ1n) is 11.2. The average Bonchev–Trinajstić information content (AvgIpc) is 3.27. The maximum absolute atomic E-state index is 12.7. The molecule has 0 unspecified atom stereocenters. The normalized spacial score (nSPS) is 32.5. The van der Waals surface area contributed by atoms with Crippen molar-refractivity contribution in [2.75, 3.05) is 13.1 Å². The number of H-pyrrole nitrogens is 1. The number of ether oxygens (including phenoxy) is 1. The second-order valence-electron chi connectivity index (χ2n) is 9.98. The summed E-state index contributed by atoms with van der Waals surface area (Å²) in [4.78, 5) is 6.03. The standard InChI is InChI=1S/C26H26N2O3/c1-14(2)13-28-10-9-25-21-15-7-8-19(29)23(21)31-24(25)22-17(12-26(25,30)20(28)11-15)16-5-3-4-6-18(16)27-22/h3-8,20,24,27,29-30H,1,9-13H2,2H3/t20-,24-,25-,26+/m0/s1.